The van der Waals surface area contributed by atoms with Crippen LogP contribution in [-0.2, 0) is 0 Å². The lowest BCUT2D eigenvalue weighted by Crippen LogP contribution is -1.99. The van der Waals surface area contributed by atoms with E-state index in [4.69, 9.17) is 5.26 Å². The molecule has 1 nitrogen and oxygen atoms in total. The Hall–Kier alpha value is -0.940. The maximum Gasteiger partial charge on any atom is 0.133 e. The zero-order valence-electron chi connectivity index (χ0n) is 10.9. The van der Waals surface area contributed by atoms with E-state index < -0.39 is 0 Å². The summed E-state index contributed by atoms with van der Waals surface area (Å²) in [5, 5.41) is 10.7. The van der Waals surface area contributed by atoms with Gasteiger partial charge in [-0.05, 0) is 47.6 Å². The number of hydrogen-bond donors (Lipinski definition) is 0. The maximum atomic E-state index is 8.53. The molecule has 17 heavy (non-hydrogen) atoms. The molecule has 0 spiro atoms. The second-order valence-electron chi connectivity index (χ2n) is 4.65. The second kappa shape index (κ2) is 7.40. The molecule has 0 aromatic heterocycles. The minimum absolute atomic E-state index is 0.595. The van der Waals surface area contributed by atoms with Crippen molar-refractivity contribution in [1.29, 1.82) is 5.26 Å². The van der Waals surface area contributed by atoms with Gasteiger partial charge in [0, 0.05) is 5.75 Å². The molecule has 1 aromatic rings. The Morgan fingerprint density at radius 3 is 2.24 bits per heavy atom. The van der Waals surface area contributed by atoms with Crippen molar-refractivity contribution in [2.24, 2.45) is 0 Å². The minimum Gasteiger partial charge on any atom is -0.185 e. The van der Waals surface area contributed by atoms with Gasteiger partial charge in [0.15, 0.2) is 0 Å². The zero-order valence-corrected chi connectivity index (χ0v) is 11.8. The van der Waals surface area contributed by atoms with E-state index in [1.54, 1.807) is 0 Å². The number of thioether (sulfide) groups is 1. The van der Waals surface area contributed by atoms with Gasteiger partial charge in [0.2, 0.25) is 0 Å². The molecule has 0 N–H and O–H groups in total. The molecule has 1 aromatic carbocycles. The smallest absolute Gasteiger partial charge is 0.133 e. The Labute approximate surface area is 109 Å². The SMILES string of the molecule is CCC(CCSC#N)c1ccc(C(C)C)cc1. The molecule has 0 amide bonds. The third-order valence-corrected chi connectivity index (χ3v) is 3.77. The van der Waals surface area contributed by atoms with E-state index >= 15 is 0 Å². The normalized spacial score (nSPS) is 12.4. The Morgan fingerprint density at radius 2 is 1.76 bits per heavy atom. The third kappa shape index (κ3) is 4.44. The lowest BCUT2D eigenvalue weighted by atomic mass is 9.92. The summed E-state index contributed by atoms with van der Waals surface area (Å²) >= 11 is 1.36. The summed E-state index contributed by atoms with van der Waals surface area (Å²) in [6.45, 7) is 6.66. The van der Waals surface area contributed by atoms with Crippen LogP contribution in [-0.4, -0.2) is 5.75 Å². The molecule has 2 heteroatoms. The first kappa shape index (κ1) is 14.1. The fraction of sp³-hybridized carbons (Fsp3) is 0.533. The number of nitrogens with zero attached hydrogens (tertiary/aromatic N) is 1. The highest BCUT2D eigenvalue weighted by Crippen LogP contribution is 2.26. The second-order valence-corrected chi connectivity index (χ2v) is 5.53. The number of nitriles is 1. The van der Waals surface area contributed by atoms with Crippen molar-refractivity contribution in [3.05, 3.63) is 35.4 Å². The van der Waals surface area contributed by atoms with E-state index in [-0.39, 0.29) is 0 Å². The molecular weight excluding hydrogens is 226 g/mol. The molecule has 0 aliphatic heterocycles. The van der Waals surface area contributed by atoms with E-state index in [0.29, 0.717) is 11.8 Å². The standard InChI is InChI=1S/C15H21NS/c1-4-13(9-10-17-11-16)15-7-5-14(6-8-15)12(2)3/h5-8,12-13H,4,9-10H2,1-3H3. The molecule has 1 atom stereocenters. The van der Waals surface area contributed by atoms with Crippen LogP contribution in [0.15, 0.2) is 24.3 Å². The van der Waals surface area contributed by atoms with Gasteiger partial charge in [0.05, 0.1) is 0 Å². The van der Waals surface area contributed by atoms with Crippen LogP contribution in [0.25, 0.3) is 0 Å². The van der Waals surface area contributed by atoms with Gasteiger partial charge in [0.1, 0.15) is 5.40 Å². The average Bonchev–Trinajstić information content (AvgIpc) is 2.35. The van der Waals surface area contributed by atoms with E-state index in [1.807, 2.05) is 0 Å². The summed E-state index contributed by atoms with van der Waals surface area (Å²) in [6.07, 6.45) is 2.24. The third-order valence-electron chi connectivity index (χ3n) is 3.20. The largest absolute Gasteiger partial charge is 0.185 e. The van der Waals surface area contributed by atoms with Crippen LogP contribution in [0, 0.1) is 10.7 Å². The van der Waals surface area contributed by atoms with Gasteiger partial charge in [-0.3, -0.25) is 0 Å². The van der Waals surface area contributed by atoms with Gasteiger partial charge in [-0.1, -0.05) is 45.0 Å². The topological polar surface area (TPSA) is 23.8 Å². The highest BCUT2D eigenvalue weighted by molar-refractivity contribution is 8.03. The van der Waals surface area contributed by atoms with Crippen LogP contribution in [0.4, 0.5) is 0 Å². The molecule has 0 saturated carbocycles. The lowest BCUT2D eigenvalue weighted by molar-refractivity contribution is 0.647. The minimum atomic E-state index is 0.595. The zero-order chi connectivity index (χ0) is 12.7. The van der Waals surface area contributed by atoms with Crippen LogP contribution < -0.4 is 0 Å². The van der Waals surface area contributed by atoms with Crippen LogP contribution in [0.1, 0.15) is 56.6 Å². The van der Waals surface area contributed by atoms with Crippen molar-refractivity contribution in [3.63, 3.8) is 0 Å². The van der Waals surface area contributed by atoms with Crippen LogP contribution in [0.2, 0.25) is 0 Å². The maximum absolute atomic E-state index is 8.53. The first-order valence-corrected chi connectivity index (χ1v) is 7.28. The quantitative estimate of drug-likeness (QED) is 0.527. The average molecular weight is 247 g/mol. The number of benzene rings is 1. The monoisotopic (exact) mass is 247 g/mol. The predicted molar refractivity (Wildman–Crippen MR) is 76.3 cm³/mol. The lowest BCUT2D eigenvalue weighted by Gasteiger charge is -2.15. The van der Waals surface area contributed by atoms with Crippen molar-refractivity contribution < 1.29 is 0 Å². The Morgan fingerprint density at radius 1 is 1.18 bits per heavy atom. The van der Waals surface area contributed by atoms with Gasteiger partial charge in [-0.15, -0.1) is 0 Å². The summed E-state index contributed by atoms with van der Waals surface area (Å²) in [4.78, 5) is 0. The van der Waals surface area contributed by atoms with Crippen molar-refractivity contribution in [2.45, 2.75) is 45.4 Å². The Balaban J connectivity index is 2.65. The summed E-state index contributed by atoms with van der Waals surface area (Å²) in [6, 6.07) is 8.97. The molecule has 0 aliphatic carbocycles. The number of hydrogen-bond acceptors (Lipinski definition) is 2. The van der Waals surface area contributed by atoms with Crippen LogP contribution in [0.5, 0.6) is 0 Å². The first-order chi connectivity index (χ1) is 8.19. The van der Waals surface area contributed by atoms with E-state index in [9.17, 15) is 0 Å². The summed E-state index contributed by atoms with van der Waals surface area (Å²) < 4.78 is 0. The molecule has 0 radical (unpaired) electrons. The first-order valence-electron chi connectivity index (χ1n) is 6.29. The summed E-state index contributed by atoms with van der Waals surface area (Å²) in [5.74, 6) is 2.12. The fourth-order valence-electron chi connectivity index (χ4n) is 2.01. The van der Waals surface area contributed by atoms with E-state index in [1.165, 1.54) is 22.9 Å². The molecule has 92 valence electrons. The van der Waals surface area contributed by atoms with Crippen molar-refractivity contribution >= 4 is 11.8 Å². The number of thiocyanates is 1. The van der Waals surface area contributed by atoms with Crippen molar-refractivity contribution in [2.75, 3.05) is 5.75 Å². The molecule has 0 fully saturated rings. The highest BCUT2D eigenvalue weighted by atomic mass is 32.2. The van der Waals surface area contributed by atoms with Gasteiger partial charge < -0.3 is 0 Å². The van der Waals surface area contributed by atoms with Crippen molar-refractivity contribution in [3.8, 4) is 5.40 Å². The molecular formula is C15H21NS. The Bertz CT molecular complexity index is 362. The van der Waals surface area contributed by atoms with Crippen LogP contribution >= 0.6 is 11.8 Å². The van der Waals surface area contributed by atoms with Crippen molar-refractivity contribution in [1.82, 2.24) is 0 Å². The molecule has 0 heterocycles. The summed E-state index contributed by atoms with van der Waals surface area (Å²) in [7, 11) is 0. The van der Waals surface area contributed by atoms with E-state index in [0.717, 1.165) is 18.6 Å². The molecule has 0 bridgehead atoms. The molecule has 0 aliphatic rings. The number of rotatable bonds is 6. The summed E-state index contributed by atoms with van der Waals surface area (Å²) in [5.41, 5.74) is 2.81. The van der Waals surface area contributed by atoms with Gasteiger partial charge in [0.25, 0.3) is 0 Å². The van der Waals surface area contributed by atoms with Gasteiger partial charge in [-0.2, -0.15) is 5.26 Å². The van der Waals surface area contributed by atoms with Crippen LogP contribution in [0.3, 0.4) is 0 Å². The Kier molecular flexibility index (Phi) is 6.15. The van der Waals surface area contributed by atoms with Gasteiger partial charge in [-0.25, -0.2) is 0 Å². The molecule has 1 rings (SSSR count). The molecule has 1 unspecified atom stereocenters. The highest BCUT2D eigenvalue weighted by Gasteiger charge is 2.09. The van der Waals surface area contributed by atoms with E-state index in [2.05, 4.69) is 50.4 Å². The van der Waals surface area contributed by atoms with Gasteiger partial charge >= 0.3 is 0 Å². The predicted octanol–water partition coefficient (Wildman–Crippen LogP) is 4.91. The molecule has 0 saturated heterocycles. The fourth-order valence-corrected chi connectivity index (χ4v) is 2.50.